The minimum atomic E-state index is 0.102. The van der Waals surface area contributed by atoms with E-state index in [1.807, 2.05) is 14.0 Å². The van der Waals surface area contributed by atoms with Crippen molar-refractivity contribution in [3.05, 3.63) is 11.6 Å². The molecule has 1 aromatic heterocycles. The summed E-state index contributed by atoms with van der Waals surface area (Å²) in [6, 6.07) is 0. The summed E-state index contributed by atoms with van der Waals surface area (Å²) >= 11 is 0. The number of aromatic amines is 1. The highest BCUT2D eigenvalue weighted by molar-refractivity contribution is 5.15. The molecule has 0 saturated heterocycles. The fraction of sp³-hybridized carbons (Fsp3) is 0.714. The average Bonchev–Trinajstić information content (AvgIpc) is 2.70. The molecule has 2 N–H and O–H groups in total. The molecule has 0 amide bonds. The lowest BCUT2D eigenvalue weighted by molar-refractivity contribution is 0.549. The van der Waals surface area contributed by atoms with E-state index >= 15 is 0 Å². The number of H-pyrrole nitrogens is 1. The number of nitrogens with one attached hydrogen (secondary N) is 2. The molecule has 0 unspecified atom stereocenters. The summed E-state index contributed by atoms with van der Waals surface area (Å²) < 4.78 is 0. The van der Waals surface area contributed by atoms with Crippen LogP contribution in [0.5, 0.6) is 0 Å². The minimum Gasteiger partial charge on any atom is -0.308 e. The molecule has 1 heterocycles. The molecule has 60 valence electrons. The Kier molecular flexibility index (Phi) is 1.26. The SMILES string of the molecule is CNC1(c2n[nH]c(C)n2)CC1. The lowest BCUT2D eigenvalue weighted by Crippen LogP contribution is -2.25. The molecule has 0 atom stereocenters. The lowest BCUT2D eigenvalue weighted by atomic mass is 10.2. The number of aryl methyl sites for hydroxylation is 1. The van der Waals surface area contributed by atoms with E-state index in [0.29, 0.717) is 0 Å². The third kappa shape index (κ3) is 0.939. The molecule has 0 radical (unpaired) electrons. The van der Waals surface area contributed by atoms with Crippen LogP contribution in [0.1, 0.15) is 24.5 Å². The first-order valence-electron chi connectivity index (χ1n) is 3.85. The zero-order chi connectivity index (χ0) is 7.90. The van der Waals surface area contributed by atoms with Crippen molar-refractivity contribution >= 4 is 0 Å². The smallest absolute Gasteiger partial charge is 0.170 e. The first-order chi connectivity index (χ1) is 5.27. The zero-order valence-corrected chi connectivity index (χ0v) is 6.81. The zero-order valence-electron chi connectivity index (χ0n) is 6.81. The molecule has 0 aliphatic heterocycles. The maximum absolute atomic E-state index is 4.29. The second-order valence-electron chi connectivity index (χ2n) is 3.08. The normalized spacial score (nSPS) is 20.2. The monoisotopic (exact) mass is 152 g/mol. The van der Waals surface area contributed by atoms with E-state index in [1.165, 1.54) is 0 Å². The second kappa shape index (κ2) is 2.04. The second-order valence-corrected chi connectivity index (χ2v) is 3.08. The fourth-order valence-corrected chi connectivity index (χ4v) is 1.27. The molecule has 2 rings (SSSR count). The fourth-order valence-electron chi connectivity index (χ4n) is 1.27. The molecular weight excluding hydrogens is 140 g/mol. The Labute approximate surface area is 65.4 Å². The molecule has 4 nitrogen and oxygen atoms in total. The first-order valence-corrected chi connectivity index (χ1v) is 3.85. The molecule has 0 aromatic carbocycles. The van der Waals surface area contributed by atoms with Gasteiger partial charge >= 0.3 is 0 Å². The van der Waals surface area contributed by atoms with Gasteiger partial charge in [0.25, 0.3) is 0 Å². The van der Waals surface area contributed by atoms with Crippen LogP contribution in [0.3, 0.4) is 0 Å². The highest BCUT2D eigenvalue weighted by atomic mass is 15.3. The van der Waals surface area contributed by atoms with E-state index in [0.717, 1.165) is 24.5 Å². The molecule has 1 fully saturated rings. The molecule has 0 bridgehead atoms. The predicted octanol–water partition coefficient (Wildman–Crippen LogP) is 0.322. The molecule has 11 heavy (non-hydrogen) atoms. The molecule has 4 heteroatoms. The van der Waals surface area contributed by atoms with Gasteiger partial charge in [-0.3, -0.25) is 5.10 Å². The van der Waals surface area contributed by atoms with Crippen molar-refractivity contribution < 1.29 is 0 Å². The summed E-state index contributed by atoms with van der Waals surface area (Å²) in [5.41, 5.74) is 0.102. The van der Waals surface area contributed by atoms with E-state index in [9.17, 15) is 0 Å². The van der Waals surface area contributed by atoms with Crippen LogP contribution in [0.15, 0.2) is 0 Å². The van der Waals surface area contributed by atoms with Crippen LogP contribution in [0.2, 0.25) is 0 Å². The van der Waals surface area contributed by atoms with Crippen molar-refractivity contribution in [2.75, 3.05) is 7.05 Å². The van der Waals surface area contributed by atoms with Crippen LogP contribution >= 0.6 is 0 Å². The molecule has 1 aromatic rings. The van der Waals surface area contributed by atoms with Crippen LogP contribution in [-0.4, -0.2) is 22.2 Å². The number of hydrogen-bond donors (Lipinski definition) is 2. The molecular formula is C7H12N4. The number of aromatic nitrogens is 3. The maximum atomic E-state index is 4.29. The lowest BCUT2D eigenvalue weighted by Gasteiger charge is -2.07. The van der Waals surface area contributed by atoms with E-state index in [2.05, 4.69) is 20.5 Å². The first kappa shape index (κ1) is 6.79. The van der Waals surface area contributed by atoms with Crippen LogP contribution < -0.4 is 5.32 Å². The number of rotatable bonds is 2. The largest absolute Gasteiger partial charge is 0.308 e. The van der Waals surface area contributed by atoms with E-state index in [-0.39, 0.29) is 5.54 Å². The van der Waals surface area contributed by atoms with Gasteiger partial charge in [0.2, 0.25) is 0 Å². The summed E-state index contributed by atoms with van der Waals surface area (Å²) in [6.45, 7) is 1.92. The Morgan fingerprint density at radius 2 is 2.27 bits per heavy atom. The summed E-state index contributed by atoms with van der Waals surface area (Å²) in [5.74, 6) is 1.80. The van der Waals surface area contributed by atoms with Gasteiger partial charge in [-0.05, 0) is 26.8 Å². The third-order valence-electron chi connectivity index (χ3n) is 2.25. The molecule has 1 saturated carbocycles. The van der Waals surface area contributed by atoms with Gasteiger partial charge in [0.15, 0.2) is 5.82 Å². The van der Waals surface area contributed by atoms with Gasteiger partial charge in [-0.1, -0.05) is 0 Å². The van der Waals surface area contributed by atoms with Gasteiger partial charge in [-0.2, -0.15) is 5.10 Å². The van der Waals surface area contributed by atoms with Gasteiger partial charge in [-0.15, -0.1) is 0 Å². The number of nitrogens with zero attached hydrogens (tertiary/aromatic N) is 2. The van der Waals surface area contributed by atoms with Gasteiger partial charge in [0, 0.05) is 0 Å². The van der Waals surface area contributed by atoms with Gasteiger partial charge in [0.1, 0.15) is 5.82 Å². The number of hydrogen-bond acceptors (Lipinski definition) is 3. The highest BCUT2D eigenvalue weighted by Crippen LogP contribution is 2.42. The molecule has 1 aliphatic rings. The third-order valence-corrected chi connectivity index (χ3v) is 2.25. The van der Waals surface area contributed by atoms with Crippen LogP contribution in [0, 0.1) is 6.92 Å². The Hall–Kier alpha value is -0.900. The van der Waals surface area contributed by atoms with Crippen molar-refractivity contribution in [2.24, 2.45) is 0 Å². The Balaban J connectivity index is 2.29. The predicted molar refractivity (Wildman–Crippen MR) is 41.1 cm³/mol. The van der Waals surface area contributed by atoms with Gasteiger partial charge in [-0.25, -0.2) is 4.98 Å². The van der Waals surface area contributed by atoms with Crippen molar-refractivity contribution in [3.63, 3.8) is 0 Å². The van der Waals surface area contributed by atoms with Crippen molar-refractivity contribution in [1.29, 1.82) is 0 Å². The van der Waals surface area contributed by atoms with E-state index in [1.54, 1.807) is 0 Å². The van der Waals surface area contributed by atoms with Crippen molar-refractivity contribution in [2.45, 2.75) is 25.3 Å². The summed E-state index contributed by atoms with van der Waals surface area (Å²) in [6.07, 6.45) is 2.31. The maximum Gasteiger partial charge on any atom is 0.170 e. The average molecular weight is 152 g/mol. The Morgan fingerprint density at radius 3 is 2.64 bits per heavy atom. The van der Waals surface area contributed by atoms with E-state index in [4.69, 9.17) is 0 Å². The standard InChI is InChI=1S/C7H12N4/c1-5-9-6(11-10-5)7(8-2)3-4-7/h8H,3-4H2,1-2H3,(H,9,10,11). The van der Waals surface area contributed by atoms with Crippen LogP contribution in [0.4, 0.5) is 0 Å². The van der Waals surface area contributed by atoms with Crippen molar-refractivity contribution in [3.8, 4) is 0 Å². The molecule has 1 aliphatic carbocycles. The highest BCUT2D eigenvalue weighted by Gasteiger charge is 2.46. The van der Waals surface area contributed by atoms with E-state index < -0.39 is 0 Å². The topological polar surface area (TPSA) is 53.6 Å². The summed E-state index contributed by atoms with van der Waals surface area (Å²) in [5, 5.41) is 10.2. The quantitative estimate of drug-likeness (QED) is 0.641. The van der Waals surface area contributed by atoms with Crippen LogP contribution in [0.25, 0.3) is 0 Å². The van der Waals surface area contributed by atoms with Gasteiger partial charge in [0.05, 0.1) is 5.54 Å². The Morgan fingerprint density at radius 1 is 1.55 bits per heavy atom. The molecule has 0 spiro atoms. The van der Waals surface area contributed by atoms with Crippen molar-refractivity contribution in [1.82, 2.24) is 20.5 Å². The summed E-state index contributed by atoms with van der Waals surface area (Å²) in [4.78, 5) is 4.29. The minimum absolute atomic E-state index is 0.102. The van der Waals surface area contributed by atoms with Crippen LogP contribution in [-0.2, 0) is 5.54 Å². The Bertz CT molecular complexity index is 261. The summed E-state index contributed by atoms with van der Waals surface area (Å²) in [7, 11) is 1.96. The van der Waals surface area contributed by atoms with Gasteiger partial charge < -0.3 is 5.32 Å².